The van der Waals surface area contributed by atoms with Gasteiger partial charge >= 0.3 is 5.97 Å². The van der Waals surface area contributed by atoms with Crippen LogP contribution in [0.2, 0.25) is 0 Å². The maximum atomic E-state index is 13.1. The fraction of sp³-hybridized carbons (Fsp3) is 0.478. The zero-order valence-electron chi connectivity index (χ0n) is 17.1. The smallest absolute Gasteiger partial charge is 0.341 e. The van der Waals surface area contributed by atoms with Gasteiger partial charge in [0, 0.05) is 4.88 Å². The zero-order valence-corrected chi connectivity index (χ0v) is 17.9. The molecule has 0 saturated carbocycles. The Morgan fingerprint density at radius 1 is 1.25 bits per heavy atom. The number of anilines is 1. The molecule has 5 heteroatoms. The number of benzene rings is 1. The molecule has 0 radical (unpaired) electrons. The van der Waals surface area contributed by atoms with Crippen molar-refractivity contribution in [3.63, 3.8) is 0 Å². The molecule has 1 aliphatic carbocycles. The van der Waals surface area contributed by atoms with E-state index >= 15 is 0 Å². The lowest BCUT2D eigenvalue weighted by atomic mass is 9.88. The lowest BCUT2D eigenvalue weighted by Crippen LogP contribution is -2.22. The monoisotopic (exact) mass is 399 g/mol. The van der Waals surface area contributed by atoms with Crippen molar-refractivity contribution in [2.24, 2.45) is 5.92 Å². The lowest BCUT2D eigenvalue weighted by molar-refractivity contribution is -0.117. The van der Waals surface area contributed by atoms with E-state index in [0.717, 1.165) is 30.4 Å². The third-order valence-corrected chi connectivity index (χ3v) is 6.39. The number of carbonyl (C=O) groups is 2. The highest BCUT2D eigenvalue weighted by atomic mass is 32.1. The summed E-state index contributed by atoms with van der Waals surface area (Å²) in [6.45, 7) is 7.93. The molecule has 2 aromatic rings. The SMILES string of the molecule is CC[C@@H](C(=O)Nc1sc2c(c1C(=O)OC(C)C)CC[C@H](C)C2)c1ccccc1. The van der Waals surface area contributed by atoms with Gasteiger partial charge in [-0.15, -0.1) is 11.3 Å². The first-order chi connectivity index (χ1) is 13.4. The van der Waals surface area contributed by atoms with Crippen molar-refractivity contribution < 1.29 is 14.3 Å². The van der Waals surface area contributed by atoms with E-state index in [0.29, 0.717) is 22.9 Å². The van der Waals surface area contributed by atoms with Gasteiger partial charge in [0.25, 0.3) is 0 Å². The van der Waals surface area contributed by atoms with Gasteiger partial charge in [0.1, 0.15) is 5.00 Å². The van der Waals surface area contributed by atoms with Gasteiger partial charge in [-0.25, -0.2) is 4.79 Å². The van der Waals surface area contributed by atoms with Crippen molar-refractivity contribution in [2.75, 3.05) is 5.32 Å². The van der Waals surface area contributed by atoms with Gasteiger partial charge in [0.15, 0.2) is 0 Å². The van der Waals surface area contributed by atoms with Crippen LogP contribution in [0.1, 0.15) is 72.8 Å². The van der Waals surface area contributed by atoms with Crippen molar-refractivity contribution in [1.82, 2.24) is 0 Å². The van der Waals surface area contributed by atoms with Crippen molar-refractivity contribution in [1.29, 1.82) is 0 Å². The highest BCUT2D eigenvalue weighted by Gasteiger charge is 2.30. The van der Waals surface area contributed by atoms with Crippen LogP contribution in [0.25, 0.3) is 0 Å². The first kappa shape index (κ1) is 20.6. The minimum Gasteiger partial charge on any atom is -0.459 e. The number of carbonyl (C=O) groups excluding carboxylic acids is 2. The fourth-order valence-electron chi connectivity index (χ4n) is 3.78. The summed E-state index contributed by atoms with van der Waals surface area (Å²) in [5.74, 6) is -0.0475. The molecule has 4 nitrogen and oxygen atoms in total. The average molecular weight is 400 g/mol. The molecule has 0 bridgehead atoms. The highest BCUT2D eigenvalue weighted by molar-refractivity contribution is 7.17. The molecule has 0 saturated heterocycles. The number of ether oxygens (including phenoxy) is 1. The number of esters is 1. The normalized spacial score (nSPS) is 17.1. The Bertz CT molecular complexity index is 841. The maximum absolute atomic E-state index is 13.1. The molecule has 1 heterocycles. The minimum atomic E-state index is -0.329. The lowest BCUT2D eigenvalue weighted by Gasteiger charge is -2.19. The third kappa shape index (κ3) is 4.46. The molecule has 150 valence electrons. The fourth-order valence-corrected chi connectivity index (χ4v) is 5.19. The molecule has 0 aliphatic heterocycles. The summed E-state index contributed by atoms with van der Waals surface area (Å²) in [6, 6.07) is 9.79. The largest absolute Gasteiger partial charge is 0.459 e. The van der Waals surface area contributed by atoms with Crippen LogP contribution in [0.5, 0.6) is 0 Å². The molecule has 3 rings (SSSR count). The van der Waals surface area contributed by atoms with Crippen molar-refractivity contribution in [3.05, 3.63) is 51.9 Å². The van der Waals surface area contributed by atoms with Gasteiger partial charge < -0.3 is 10.1 Å². The zero-order chi connectivity index (χ0) is 20.3. The molecule has 28 heavy (non-hydrogen) atoms. The maximum Gasteiger partial charge on any atom is 0.341 e. The van der Waals surface area contributed by atoms with E-state index in [1.807, 2.05) is 51.1 Å². The Kier molecular flexibility index (Phi) is 6.55. The summed E-state index contributed by atoms with van der Waals surface area (Å²) >= 11 is 1.54. The highest BCUT2D eigenvalue weighted by Crippen LogP contribution is 2.40. The van der Waals surface area contributed by atoms with Gasteiger partial charge in [0.05, 0.1) is 17.6 Å². The standard InChI is InChI=1S/C23H29NO3S/c1-5-17(16-9-7-6-8-10-16)21(25)24-22-20(23(26)27-14(2)3)18-12-11-15(4)13-19(18)28-22/h6-10,14-15,17H,5,11-13H2,1-4H3,(H,24,25)/t15-,17+/m0/s1. The van der Waals surface area contributed by atoms with Crippen LogP contribution in [0.4, 0.5) is 5.00 Å². The van der Waals surface area contributed by atoms with Gasteiger partial charge in [-0.3, -0.25) is 4.79 Å². The summed E-state index contributed by atoms with van der Waals surface area (Å²) in [7, 11) is 0. The van der Waals surface area contributed by atoms with Crippen LogP contribution < -0.4 is 5.32 Å². The molecule has 1 aliphatic rings. The second-order valence-corrected chi connectivity index (χ2v) is 8.98. The van der Waals surface area contributed by atoms with Crippen LogP contribution in [0.3, 0.4) is 0 Å². The molecular formula is C23H29NO3S. The Hall–Kier alpha value is -2.14. The van der Waals surface area contributed by atoms with Gasteiger partial charge in [-0.2, -0.15) is 0 Å². The second-order valence-electron chi connectivity index (χ2n) is 7.87. The number of nitrogens with one attached hydrogen (secondary N) is 1. The van der Waals surface area contributed by atoms with E-state index in [9.17, 15) is 9.59 Å². The molecule has 1 amide bonds. The number of rotatable bonds is 6. The van der Waals surface area contributed by atoms with Gasteiger partial charge in [-0.05, 0) is 56.6 Å². The van der Waals surface area contributed by atoms with Crippen molar-refractivity contribution in [2.45, 2.75) is 65.4 Å². The Morgan fingerprint density at radius 2 is 1.96 bits per heavy atom. The van der Waals surface area contributed by atoms with Crippen LogP contribution in [0.15, 0.2) is 30.3 Å². The summed E-state index contributed by atoms with van der Waals surface area (Å²) in [5, 5.41) is 3.71. The molecule has 2 atom stereocenters. The Balaban J connectivity index is 1.92. The molecule has 0 fully saturated rings. The van der Waals surface area contributed by atoms with E-state index in [2.05, 4.69) is 12.2 Å². The average Bonchev–Trinajstić information content (AvgIpc) is 2.99. The van der Waals surface area contributed by atoms with E-state index in [1.165, 1.54) is 16.2 Å². The topological polar surface area (TPSA) is 55.4 Å². The first-order valence-electron chi connectivity index (χ1n) is 10.1. The molecule has 1 aromatic heterocycles. The van der Waals surface area contributed by atoms with Gasteiger partial charge in [-0.1, -0.05) is 44.2 Å². The van der Waals surface area contributed by atoms with Crippen LogP contribution in [-0.2, 0) is 22.4 Å². The molecular weight excluding hydrogens is 370 g/mol. The number of hydrogen-bond donors (Lipinski definition) is 1. The minimum absolute atomic E-state index is 0.0704. The summed E-state index contributed by atoms with van der Waals surface area (Å²) < 4.78 is 5.50. The van der Waals surface area contributed by atoms with Crippen molar-refractivity contribution in [3.8, 4) is 0 Å². The second kappa shape index (κ2) is 8.91. The Labute approximate surface area is 171 Å². The Morgan fingerprint density at radius 3 is 2.61 bits per heavy atom. The molecule has 0 spiro atoms. The van der Waals surface area contributed by atoms with E-state index in [4.69, 9.17) is 4.74 Å². The predicted octanol–water partition coefficient (Wildman–Crippen LogP) is 5.57. The van der Waals surface area contributed by atoms with Gasteiger partial charge in [0.2, 0.25) is 5.91 Å². The molecule has 1 N–H and O–H groups in total. The predicted molar refractivity (Wildman–Crippen MR) is 114 cm³/mol. The number of hydrogen-bond acceptors (Lipinski definition) is 4. The summed E-state index contributed by atoms with van der Waals surface area (Å²) in [6.07, 6.45) is 3.38. The van der Waals surface area contributed by atoms with E-state index in [1.54, 1.807) is 0 Å². The van der Waals surface area contributed by atoms with Crippen LogP contribution >= 0.6 is 11.3 Å². The van der Waals surface area contributed by atoms with Crippen LogP contribution in [0, 0.1) is 5.92 Å². The number of fused-ring (bicyclic) bond motifs is 1. The third-order valence-electron chi connectivity index (χ3n) is 5.22. The number of thiophene rings is 1. The van der Waals surface area contributed by atoms with Crippen LogP contribution in [-0.4, -0.2) is 18.0 Å². The van der Waals surface area contributed by atoms with E-state index in [-0.39, 0.29) is 23.9 Å². The van der Waals surface area contributed by atoms with Crippen molar-refractivity contribution >= 4 is 28.2 Å². The quantitative estimate of drug-likeness (QED) is 0.646. The number of amides is 1. The van der Waals surface area contributed by atoms with E-state index < -0.39 is 0 Å². The first-order valence-corrected chi connectivity index (χ1v) is 10.9. The molecule has 0 unspecified atom stereocenters. The summed E-state index contributed by atoms with van der Waals surface area (Å²) in [5.41, 5.74) is 2.62. The molecule has 1 aromatic carbocycles. The summed E-state index contributed by atoms with van der Waals surface area (Å²) in [4.78, 5) is 27.1.